The van der Waals surface area contributed by atoms with Crippen LogP contribution in [0.4, 0.5) is 13.6 Å². The van der Waals surface area contributed by atoms with Crippen molar-refractivity contribution >= 4 is 28.7 Å². The number of hydrogen-bond donors (Lipinski definition) is 1. The highest BCUT2D eigenvalue weighted by atomic mass is 35.5. The van der Waals surface area contributed by atoms with E-state index in [1.165, 1.54) is 0 Å². The standard InChI is InChI=1S/C14H15ClF2N4O/c1-20-12(19-11-4-2-3-8(15)13(11)20)5-18-14(22)21-6-9(16)10(17)7-21/h2-4,9-10H,5-7H2,1H3,(H,18,22)/t9-,10+. The number of halogens is 3. The minimum atomic E-state index is -1.61. The van der Waals surface area contributed by atoms with Gasteiger partial charge >= 0.3 is 6.03 Å². The predicted octanol–water partition coefficient (Wildman–Crippen LogP) is 2.43. The van der Waals surface area contributed by atoms with Crippen molar-refractivity contribution in [3.8, 4) is 0 Å². The first-order valence-corrected chi connectivity index (χ1v) is 7.26. The molecule has 1 aromatic carbocycles. The number of para-hydroxylation sites is 1. The fourth-order valence-electron chi connectivity index (χ4n) is 2.58. The van der Waals surface area contributed by atoms with Gasteiger partial charge in [-0.05, 0) is 12.1 Å². The number of alkyl halides is 2. The molecule has 0 bridgehead atoms. The van der Waals surface area contributed by atoms with Gasteiger partial charge in [0.25, 0.3) is 0 Å². The van der Waals surface area contributed by atoms with Crippen LogP contribution in [0.2, 0.25) is 5.02 Å². The van der Waals surface area contributed by atoms with Gasteiger partial charge < -0.3 is 14.8 Å². The van der Waals surface area contributed by atoms with E-state index in [0.29, 0.717) is 10.8 Å². The summed E-state index contributed by atoms with van der Waals surface area (Å²) in [6.07, 6.45) is -3.22. The second-order valence-electron chi connectivity index (χ2n) is 5.29. The summed E-state index contributed by atoms with van der Waals surface area (Å²) < 4.78 is 28.0. The topological polar surface area (TPSA) is 50.2 Å². The van der Waals surface area contributed by atoms with E-state index in [4.69, 9.17) is 11.6 Å². The van der Waals surface area contributed by atoms with Crippen LogP contribution in [0.5, 0.6) is 0 Å². The van der Waals surface area contributed by atoms with E-state index in [9.17, 15) is 13.6 Å². The first kappa shape index (κ1) is 15.0. The van der Waals surface area contributed by atoms with E-state index < -0.39 is 18.4 Å². The van der Waals surface area contributed by atoms with Crippen LogP contribution in [-0.4, -0.2) is 45.9 Å². The van der Waals surface area contributed by atoms with Crippen LogP contribution in [0.15, 0.2) is 18.2 Å². The molecular weight excluding hydrogens is 314 g/mol. The lowest BCUT2D eigenvalue weighted by molar-refractivity contribution is 0.203. The Labute approximate surface area is 130 Å². The summed E-state index contributed by atoms with van der Waals surface area (Å²) in [5.74, 6) is 0.615. The largest absolute Gasteiger partial charge is 0.331 e. The number of carbonyl (C=O) groups is 1. The van der Waals surface area contributed by atoms with Crippen LogP contribution in [-0.2, 0) is 13.6 Å². The molecule has 0 aliphatic carbocycles. The highest BCUT2D eigenvalue weighted by Gasteiger charge is 2.35. The van der Waals surface area contributed by atoms with Gasteiger partial charge in [-0.1, -0.05) is 17.7 Å². The highest BCUT2D eigenvalue weighted by molar-refractivity contribution is 6.35. The molecule has 1 N–H and O–H groups in total. The van der Waals surface area contributed by atoms with E-state index in [2.05, 4.69) is 10.3 Å². The third-order valence-corrected chi connectivity index (χ3v) is 4.11. The Morgan fingerprint density at radius 2 is 2.09 bits per heavy atom. The van der Waals surface area contributed by atoms with Crippen molar-refractivity contribution in [2.75, 3.05) is 13.1 Å². The van der Waals surface area contributed by atoms with Gasteiger partial charge in [0, 0.05) is 7.05 Å². The molecule has 1 fully saturated rings. The normalized spacial score (nSPS) is 21.5. The number of likely N-dealkylation sites (tertiary alicyclic amines) is 1. The first-order chi connectivity index (χ1) is 10.5. The molecule has 0 unspecified atom stereocenters. The highest BCUT2D eigenvalue weighted by Crippen LogP contribution is 2.23. The fourth-order valence-corrected chi connectivity index (χ4v) is 2.88. The molecule has 22 heavy (non-hydrogen) atoms. The maximum atomic E-state index is 13.1. The Kier molecular flexibility index (Phi) is 3.90. The molecule has 3 rings (SSSR count). The minimum absolute atomic E-state index is 0.157. The summed E-state index contributed by atoms with van der Waals surface area (Å²) in [5, 5.41) is 3.20. The van der Waals surface area contributed by atoms with Gasteiger partial charge in [0.05, 0.1) is 35.7 Å². The number of fused-ring (bicyclic) bond motifs is 1. The molecule has 5 nitrogen and oxygen atoms in total. The smallest absolute Gasteiger partial charge is 0.317 e. The summed E-state index contributed by atoms with van der Waals surface area (Å²) in [4.78, 5) is 17.5. The first-order valence-electron chi connectivity index (χ1n) is 6.88. The molecule has 2 amide bonds. The van der Waals surface area contributed by atoms with E-state index in [-0.39, 0.29) is 19.6 Å². The molecule has 1 aliphatic rings. The van der Waals surface area contributed by atoms with Gasteiger partial charge in [-0.3, -0.25) is 0 Å². The molecule has 1 saturated heterocycles. The number of carbonyl (C=O) groups excluding carboxylic acids is 1. The van der Waals surface area contributed by atoms with Crippen LogP contribution in [0.1, 0.15) is 5.82 Å². The fraction of sp³-hybridized carbons (Fsp3) is 0.429. The molecule has 118 valence electrons. The van der Waals surface area contributed by atoms with Crippen LogP contribution in [0.3, 0.4) is 0 Å². The molecular formula is C14H15ClF2N4O. The van der Waals surface area contributed by atoms with Gasteiger partial charge in [-0.2, -0.15) is 0 Å². The van der Waals surface area contributed by atoms with Crippen molar-refractivity contribution < 1.29 is 13.6 Å². The lowest BCUT2D eigenvalue weighted by atomic mass is 10.3. The van der Waals surface area contributed by atoms with Gasteiger partial charge in [-0.25, -0.2) is 18.6 Å². The van der Waals surface area contributed by atoms with Crippen LogP contribution < -0.4 is 5.32 Å². The van der Waals surface area contributed by atoms with E-state index >= 15 is 0 Å². The third-order valence-electron chi connectivity index (χ3n) is 3.80. The van der Waals surface area contributed by atoms with Crippen molar-refractivity contribution in [1.82, 2.24) is 19.8 Å². The lowest BCUT2D eigenvalue weighted by Crippen LogP contribution is -2.39. The summed E-state index contributed by atoms with van der Waals surface area (Å²) in [6.45, 7) is -0.284. The lowest BCUT2D eigenvalue weighted by Gasteiger charge is -2.15. The molecule has 8 heteroatoms. The Hall–Kier alpha value is -1.89. The Morgan fingerprint density at radius 3 is 2.73 bits per heavy atom. The number of amides is 2. The Morgan fingerprint density at radius 1 is 1.41 bits per heavy atom. The zero-order valence-electron chi connectivity index (χ0n) is 11.9. The van der Waals surface area contributed by atoms with Gasteiger partial charge in [0.2, 0.25) is 0 Å². The van der Waals surface area contributed by atoms with Crippen molar-refractivity contribution in [2.45, 2.75) is 18.9 Å². The van der Waals surface area contributed by atoms with Gasteiger partial charge in [0.1, 0.15) is 5.82 Å². The summed E-state index contributed by atoms with van der Waals surface area (Å²) in [5.41, 5.74) is 1.51. The van der Waals surface area contributed by atoms with Crippen LogP contribution in [0.25, 0.3) is 11.0 Å². The predicted molar refractivity (Wildman–Crippen MR) is 79.3 cm³/mol. The summed E-state index contributed by atoms with van der Waals surface area (Å²) >= 11 is 6.13. The number of urea groups is 1. The molecule has 0 radical (unpaired) electrons. The number of benzene rings is 1. The average Bonchev–Trinajstić information content (AvgIpc) is 2.98. The number of imidazole rings is 1. The van der Waals surface area contributed by atoms with Crippen molar-refractivity contribution in [2.24, 2.45) is 7.05 Å². The average molecular weight is 329 g/mol. The molecule has 2 heterocycles. The maximum absolute atomic E-state index is 13.1. The van der Waals surface area contributed by atoms with Crippen LogP contribution in [0, 0.1) is 0 Å². The number of nitrogens with one attached hydrogen (secondary N) is 1. The van der Waals surface area contributed by atoms with Gasteiger partial charge in [-0.15, -0.1) is 0 Å². The zero-order valence-corrected chi connectivity index (χ0v) is 12.6. The van der Waals surface area contributed by atoms with E-state index in [0.717, 1.165) is 15.9 Å². The summed E-state index contributed by atoms with van der Waals surface area (Å²) in [7, 11) is 1.80. The Balaban J connectivity index is 1.71. The number of hydrogen-bond acceptors (Lipinski definition) is 2. The van der Waals surface area contributed by atoms with Crippen LogP contribution >= 0.6 is 11.6 Å². The molecule has 2 atom stereocenters. The maximum Gasteiger partial charge on any atom is 0.317 e. The minimum Gasteiger partial charge on any atom is -0.331 e. The van der Waals surface area contributed by atoms with Crippen molar-refractivity contribution in [3.05, 3.63) is 29.0 Å². The molecule has 1 aromatic heterocycles. The number of rotatable bonds is 2. The summed E-state index contributed by atoms with van der Waals surface area (Å²) in [6, 6.07) is 4.89. The zero-order chi connectivity index (χ0) is 15.9. The number of nitrogens with zero attached hydrogens (tertiary/aromatic N) is 3. The number of aryl methyl sites for hydroxylation is 1. The molecule has 1 aliphatic heterocycles. The monoisotopic (exact) mass is 328 g/mol. The van der Waals surface area contributed by atoms with E-state index in [1.807, 2.05) is 6.07 Å². The van der Waals surface area contributed by atoms with E-state index in [1.54, 1.807) is 23.7 Å². The molecule has 0 saturated carbocycles. The second kappa shape index (κ2) is 5.72. The SMILES string of the molecule is Cn1c(CNC(=O)N2C[C@@H](F)[C@@H](F)C2)nc2cccc(Cl)c21. The second-order valence-corrected chi connectivity index (χ2v) is 5.70. The quantitative estimate of drug-likeness (QED) is 0.920. The van der Waals surface area contributed by atoms with Gasteiger partial charge in [0.15, 0.2) is 12.3 Å². The molecule has 0 spiro atoms. The Bertz CT molecular complexity index is 710. The number of aromatic nitrogens is 2. The van der Waals surface area contributed by atoms with Crippen molar-refractivity contribution in [3.63, 3.8) is 0 Å². The third kappa shape index (κ3) is 2.61. The van der Waals surface area contributed by atoms with Crippen molar-refractivity contribution in [1.29, 1.82) is 0 Å². The molecule has 2 aromatic rings.